The molecule has 17 atom stereocenters. The summed E-state index contributed by atoms with van der Waals surface area (Å²) in [4.78, 5) is 40.8. The van der Waals surface area contributed by atoms with E-state index in [0.29, 0.717) is 62.0 Å². The molecule has 10 bridgehead atoms. The van der Waals surface area contributed by atoms with E-state index < -0.39 is 126 Å². The Balaban J connectivity index is 1.30. The van der Waals surface area contributed by atoms with E-state index in [-0.39, 0.29) is 78.9 Å². The zero-order valence-electron chi connectivity index (χ0n) is 44.0. The van der Waals surface area contributed by atoms with Crippen LogP contribution < -0.4 is 27.4 Å². The minimum absolute atomic E-state index is 0.0120. The molecule has 10 aliphatic rings. The average Bonchev–Trinajstić information content (AvgIpc) is 4.14. The fourth-order valence-electron chi connectivity index (χ4n) is 13.5. The van der Waals surface area contributed by atoms with Crippen molar-refractivity contribution in [1.29, 1.82) is 0 Å². The second kappa shape index (κ2) is 24.5. The summed E-state index contributed by atoms with van der Waals surface area (Å²) in [6.07, 6.45) is 0.623. The molecule has 0 aromatic carbocycles. The Kier molecular flexibility index (Phi) is 18.2. The number of hydrogen-bond donors (Lipinski definition) is 14. The lowest BCUT2D eigenvalue weighted by Gasteiger charge is -2.53. The fraction of sp³-hybridized carbons (Fsp3) is 0.692. The van der Waals surface area contributed by atoms with Crippen LogP contribution in [0.5, 0.6) is 0 Å². The van der Waals surface area contributed by atoms with Gasteiger partial charge >= 0.3 is 11.9 Å². The summed E-state index contributed by atoms with van der Waals surface area (Å²) in [5, 5.41) is 108. The van der Waals surface area contributed by atoms with Gasteiger partial charge in [-0.2, -0.15) is 0 Å². The highest BCUT2D eigenvalue weighted by atomic mass is 33.1. The summed E-state index contributed by atoms with van der Waals surface area (Å²) in [5.41, 5.74) is 11.5. The number of aliphatic imine (C=N–C) groups is 2. The number of carbonyl (C=O) groups excluding carboxylic acids is 1. The molecule has 1 saturated heterocycles. The van der Waals surface area contributed by atoms with Gasteiger partial charge in [0.2, 0.25) is 12.1 Å². The molecule has 0 amide bonds. The Morgan fingerprint density at radius 3 is 2.67 bits per heavy atom. The third-order valence-electron chi connectivity index (χ3n) is 17.4. The molecule has 7 heterocycles. The number of aliphatic carboxylic acids is 1. The molecule has 0 aromatic rings. The highest BCUT2D eigenvalue weighted by molar-refractivity contribution is 8.79. The zero-order chi connectivity index (χ0) is 56.7. The predicted octanol–water partition coefficient (Wildman–Crippen LogP) is -1.34. The monoisotopic (exact) mass is 1190 g/mol. The summed E-state index contributed by atoms with van der Waals surface area (Å²) < 4.78 is 31.7. The van der Waals surface area contributed by atoms with E-state index >= 15 is 4.79 Å². The van der Waals surface area contributed by atoms with Gasteiger partial charge in [0, 0.05) is 67.0 Å². The van der Waals surface area contributed by atoms with Crippen LogP contribution in [0.3, 0.4) is 0 Å². The maximum Gasteiger partial charge on any atom is 0.339 e. The van der Waals surface area contributed by atoms with Gasteiger partial charge < -0.3 is 96.6 Å². The zero-order valence-corrected chi connectivity index (χ0v) is 47.3. The summed E-state index contributed by atoms with van der Waals surface area (Å²) in [6, 6.07) is -1.24. The Bertz CT molecular complexity index is 2650. The number of allylic oxidation sites excluding steroid dienone is 1. The van der Waals surface area contributed by atoms with E-state index in [2.05, 4.69) is 32.8 Å². The maximum atomic E-state index is 15.8. The molecule has 24 nitrogen and oxygen atoms in total. The van der Waals surface area contributed by atoms with Crippen molar-refractivity contribution in [2.45, 2.75) is 128 Å². The van der Waals surface area contributed by atoms with E-state index in [1.165, 1.54) is 62.7 Å². The quantitative estimate of drug-likeness (QED) is 0.0140. The van der Waals surface area contributed by atoms with Gasteiger partial charge in [-0.25, -0.2) is 14.6 Å². The SMILES string of the molecule is CN[C@@H](CO)O[C@H]1[C@H](O[C@@H]2OC=C3C(=O)O[C@H]4CC[C@@H](CO)[C@H]4CSS[C@H]4[C@@H](CO)N5C=C(C(=O)O)C(NC(N)=NCCCO)=C(C=C6C#C[C@@]47C[C@H]4C[C@]8(CC[C@H](C8)[C@@]2(/C=C/CSS7)[C@H]63)NC(N)=N4)C5)O[C@H](CO)[C@@H](O)C1(O)O. The van der Waals surface area contributed by atoms with Crippen LogP contribution >= 0.6 is 43.2 Å². The fourth-order valence-corrected chi connectivity index (χ4v) is 20.5. The van der Waals surface area contributed by atoms with Crippen LogP contribution in [-0.4, -0.2) is 216 Å². The number of rotatable bonds is 14. The standard InChI is InChI=1S/C52H72N8O16S4/c1-55-37(23-65)75-41-45(74-36(22-64)40(66)52(41,70)71)76-46-51-8-2-13-77-80-50(17-30-16-49(59-48(54)57-30)9-7-29(51)15-49)10-6-26-14-28-18-60(19-31(43(67)68)39(28)58-47(53)56-11-3-12-61)34(21-63)42(50)79-78-25-33-27(20-62)4-5-35(33)73-44(69)32(24-72-46)38(26)51/h2,8,14,19,24,27,29-30,33-38,40-42,45-46,55,61-66,70-71H,3-5,7,9,11-13,15-18,20-23,25H2,1H3,(H,67,68)(H3,53,56,58)(H3,54,57,59)/b8-2+,26-14?/t27-,29+,30+,33+,34+,35-,36+,37+,38+,40+,41-,42-,45-,46-,49+,50+,51-/m0/s1. The third kappa shape index (κ3) is 11.1. The number of likely N-dealkylation sites (N-methyl/N-ethyl adjacent to an activating group) is 1. The van der Waals surface area contributed by atoms with Gasteiger partial charge in [-0.1, -0.05) is 67.2 Å². The lowest BCUT2D eigenvalue weighted by atomic mass is 9.58. The number of ether oxygens (including phenoxy) is 5. The lowest BCUT2D eigenvalue weighted by molar-refractivity contribution is -0.420. The molecule has 10 rings (SSSR count). The van der Waals surface area contributed by atoms with Crippen molar-refractivity contribution in [3.63, 3.8) is 0 Å². The summed E-state index contributed by atoms with van der Waals surface area (Å²) in [7, 11) is 7.52. The first-order valence-electron chi connectivity index (χ1n) is 27.0. The van der Waals surface area contributed by atoms with Gasteiger partial charge in [0.15, 0.2) is 24.3 Å². The van der Waals surface area contributed by atoms with Crippen LogP contribution in [0.4, 0.5) is 0 Å². The Morgan fingerprint density at radius 1 is 1.11 bits per heavy atom. The summed E-state index contributed by atoms with van der Waals surface area (Å²) in [5.74, 6) is 0.680. The van der Waals surface area contributed by atoms with Crippen molar-refractivity contribution in [2.24, 2.45) is 50.5 Å². The highest BCUT2D eigenvalue weighted by Gasteiger charge is 2.65. The Morgan fingerprint density at radius 2 is 1.94 bits per heavy atom. The second-order valence-electron chi connectivity index (χ2n) is 22.1. The Labute approximate surface area is 478 Å². The van der Waals surface area contributed by atoms with Crippen molar-refractivity contribution >= 4 is 67.0 Å². The van der Waals surface area contributed by atoms with Gasteiger partial charge in [-0.15, -0.1) is 0 Å². The van der Waals surface area contributed by atoms with Crippen LogP contribution in [0.25, 0.3) is 0 Å². The molecule has 0 aromatic heterocycles. The number of aliphatic hydroxyl groups is 8. The molecule has 440 valence electrons. The first kappa shape index (κ1) is 59.4. The van der Waals surface area contributed by atoms with Gasteiger partial charge in [-0.3, -0.25) is 10.3 Å². The number of nitrogens with two attached hydrogens (primary N) is 2. The molecule has 3 aliphatic carbocycles. The van der Waals surface area contributed by atoms with E-state index in [0.717, 1.165) is 0 Å². The number of guanidine groups is 2. The van der Waals surface area contributed by atoms with E-state index in [1.54, 1.807) is 6.08 Å². The van der Waals surface area contributed by atoms with E-state index in [9.17, 15) is 50.8 Å². The van der Waals surface area contributed by atoms with Crippen molar-refractivity contribution in [3.8, 4) is 11.8 Å². The average molecular weight is 1190 g/mol. The second-order valence-corrected chi connectivity index (χ2v) is 27.3. The number of nitrogens with zero attached hydrogens (tertiary/aromatic N) is 3. The number of fused-ring (bicyclic) bond motifs is 5. The Hall–Kier alpha value is -3.74. The molecule has 3 fully saturated rings. The third-order valence-corrected chi connectivity index (χ3v) is 23.5. The highest BCUT2D eigenvalue weighted by Crippen LogP contribution is 2.62. The molecule has 16 N–H and O–H groups in total. The number of carboxylic acid groups (broad SMARTS) is 1. The van der Waals surface area contributed by atoms with Crippen molar-refractivity contribution < 1.29 is 79.2 Å². The predicted molar refractivity (Wildman–Crippen MR) is 298 cm³/mol. The summed E-state index contributed by atoms with van der Waals surface area (Å²) >= 11 is 0. The minimum atomic E-state index is -3.18. The van der Waals surface area contributed by atoms with Gasteiger partial charge in [-0.05, 0) is 81.9 Å². The molecule has 2 saturated carbocycles. The molecule has 1 spiro atoms. The van der Waals surface area contributed by atoms with E-state index in [1.807, 2.05) is 17.1 Å². The van der Waals surface area contributed by atoms with Crippen molar-refractivity contribution in [3.05, 3.63) is 58.7 Å². The van der Waals surface area contributed by atoms with Gasteiger partial charge in [0.05, 0.1) is 65.7 Å². The van der Waals surface area contributed by atoms with E-state index in [4.69, 9.17) is 40.1 Å². The van der Waals surface area contributed by atoms with Crippen molar-refractivity contribution in [2.75, 3.05) is 64.7 Å². The first-order chi connectivity index (χ1) is 38.5. The molecule has 28 heteroatoms. The van der Waals surface area contributed by atoms with Gasteiger partial charge in [0.25, 0.3) is 0 Å². The number of nitrogens with one attached hydrogen (secondary N) is 3. The van der Waals surface area contributed by atoms with Crippen LogP contribution in [0.15, 0.2) is 68.7 Å². The normalized spacial score (nSPS) is 40.1. The smallest absolute Gasteiger partial charge is 0.339 e. The summed E-state index contributed by atoms with van der Waals surface area (Å²) in [6.45, 7) is -2.24. The van der Waals surface area contributed by atoms with Crippen LogP contribution in [0.1, 0.15) is 51.4 Å². The largest absolute Gasteiger partial charge is 0.478 e. The molecule has 7 aliphatic heterocycles. The van der Waals surface area contributed by atoms with Gasteiger partial charge in [0.1, 0.15) is 29.3 Å². The van der Waals surface area contributed by atoms with Crippen molar-refractivity contribution in [1.82, 2.24) is 20.9 Å². The number of carboxylic acids is 1. The number of carbonyl (C=O) groups is 2. The molecular formula is C52H72N8O16S4. The molecule has 0 unspecified atom stereocenters. The lowest BCUT2D eigenvalue weighted by Crippen LogP contribution is -2.70. The van der Waals surface area contributed by atoms with Crippen LogP contribution in [0.2, 0.25) is 0 Å². The maximum absolute atomic E-state index is 15.8. The first-order valence-corrected chi connectivity index (χ1v) is 31.7. The minimum Gasteiger partial charge on any atom is -0.478 e. The molecule has 80 heavy (non-hydrogen) atoms. The van der Waals surface area contributed by atoms with Crippen LogP contribution in [0, 0.1) is 40.9 Å². The number of hydrogen-bond acceptors (Lipinski definition) is 25. The molecular weight excluding hydrogens is 1120 g/mol. The topological polar surface area (TPSA) is 378 Å². The van der Waals surface area contributed by atoms with Crippen LogP contribution in [-0.2, 0) is 33.3 Å². The molecule has 0 radical (unpaired) electrons. The number of aliphatic hydroxyl groups excluding tert-OH is 6. The number of esters is 1.